The van der Waals surface area contributed by atoms with Gasteiger partial charge in [0.15, 0.2) is 0 Å². The highest BCUT2D eigenvalue weighted by molar-refractivity contribution is 4.81. The molecule has 1 aromatic rings. The van der Waals surface area contributed by atoms with Crippen LogP contribution in [0.1, 0.15) is 0 Å². The molecule has 0 atom stereocenters. The van der Waals surface area contributed by atoms with E-state index in [1.54, 1.807) is 0 Å². The van der Waals surface area contributed by atoms with Crippen molar-refractivity contribution in [1.29, 1.82) is 0 Å². The lowest BCUT2D eigenvalue weighted by molar-refractivity contribution is 0.562. The summed E-state index contributed by atoms with van der Waals surface area (Å²) in [6, 6.07) is 2.55. The highest BCUT2D eigenvalue weighted by Crippen LogP contribution is 1.82. The fraction of sp³-hybridized carbons (Fsp3) is 0. The van der Waals surface area contributed by atoms with Crippen molar-refractivity contribution in [3.05, 3.63) is 24.3 Å². The normalized spacial score (nSPS) is 8.71. The Morgan fingerprint density at radius 2 is 2.57 bits per heavy atom. The summed E-state index contributed by atoms with van der Waals surface area (Å²) in [6.07, 6.45) is 2.33. The highest BCUT2D eigenvalue weighted by Gasteiger charge is 1.81. The molecule has 0 amide bonds. The molecule has 0 unspecified atom stereocenters. The van der Waals surface area contributed by atoms with E-state index in [2.05, 4.69) is 16.4 Å². The first-order chi connectivity index (χ1) is 3.39. The predicted octanol–water partition coefficient (Wildman–Crippen LogP) is 0.416. The Morgan fingerprint density at radius 1 is 1.71 bits per heavy atom. The van der Waals surface area contributed by atoms with Gasteiger partial charge in [0.05, 0.1) is 0 Å². The second-order valence-electron chi connectivity index (χ2n) is 0.985. The number of halogens is 1. The summed E-state index contributed by atoms with van der Waals surface area (Å²) >= 11 is 0. The lowest BCUT2D eigenvalue weighted by atomic mass is 10.6. The van der Waals surface area contributed by atoms with E-state index in [1.165, 1.54) is 12.1 Å². The zero-order valence-electron chi connectivity index (χ0n) is 3.43. The fourth-order valence-electron chi connectivity index (χ4n) is 0.249. The van der Waals surface area contributed by atoms with Crippen molar-refractivity contribution in [3.63, 3.8) is 0 Å². The molecule has 0 N–H and O–H groups in total. The topological polar surface area (TPSA) is 25.8 Å². The lowest BCUT2D eigenvalue weighted by Gasteiger charge is -1.75. The minimum Gasteiger partial charge on any atom is -0.183 e. The first kappa shape index (κ1) is 4.18. The van der Waals surface area contributed by atoms with Crippen LogP contribution in [0, 0.1) is 12.1 Å². The van der Waals surface area contributed by atoms with Gasteiger partial charge in [0.25, 0.3) is 0 Å². The molecule has 0 aliphatic heterocycles. The molecule has 1 radical (unpaired) electrons. The van der Waals surface area contributed by atoms with Gasteiger partial charge >= 0.3 is 0 Å². The third-order valence-electron chi connectivity index (χ3n) is 0.499. The van der Waals surface area contributed by atoms with Crippen LogP contribution in [0.2, 0.25) is 0 Å². The molecular weight excluding hydrogens is 95.1 g/mol. The molecule has 2 nitrogen and oxygen atoms in total. The van der Waals surface area contributed by atoms with E-state index < -0.39 is 5.95 Å². The monoisotopic (exact) mass is 97.0 g/mol. The van der Waals surface area contributed by atoms with Gasteiger partial charge in [-0.3, -0.25) is 0 Å². The van der Waals surface area contributed by atoms with Gasteiger partial charge in [-0.25, -0.2) is 0 Å². The number of nitrogens with zero attached hydrogens (tertiary/aromatic N) is 2. The van der Waals surface area contributed by atoms with Gasteiger partial charge in [0, 0.05) is 0 Å². The molecule has 0 saturated carbocycles. The summed E-state index contributed by atoms with van der Waals surface area (Å²) < 4.78 is 11.7. The fourth-order valence-corrected chi connectivity index (χ4v) is 0.249. The van der Waals surface area contributed by atoms with Crippen molar-refractivity contribution in [2.75, 3.05) is 0 Å². The number of rotatable bonds is 0. The first-order valence-electron chi connectivity index (χ1n) is 1.75. The molecule has 1 heterocycles. The molecular formula is C4H2FN2. The average molecular weight is 97.1 g/mol. The van der Waals surface area contributed by atoms with Crippen LogP contribution in [0.5, 0.6) is 0 Å². The maximum Gasteiger partial charge on any atom is 0.233 e. The number of hydrogen-bond acceptors (Lipinski definition) is 2. The van der Waals surface area contributed by atoms with E-state index >= 15 is 0 Å². The zero-order valence-corrected chi connectivity index (χ0v) is 3.43. The molecule has 35 valence electrons. The van der Waals surface area contributed by atoms with Gasteiger partial charge in [-0.1, -0.05) is 0 Å². The minimum atomic E-state index is -0.571. The summed E-state index contributed by atoms with van der Waals surface area (Å²) in [7, 11) is 0. The van der Waals surface area contributed by atoms with Crippen molar-refractivity contribution in [1.82, 2.24) is 10.2 Å². The Kier molecular flexibility index (Phi) is 0.978. The van der Waals surface area contributed by atoms with E-state index in [-0.39, 0.29) is 0 Å². The molecule has 3 heteroatoms. The molecule has 0 aromatic carbocycles. The molecule has 0 spiro atoms. The smallest absolute Gasteiger partial charge is 0.183 e. The van der Waals surface area contributed by atoms with Crippen LogP contribution in [0.25, 0.3) is 0 Å². The lowest BCUT2D eigenvalue weighted by Crippen LogP contribution is -1.81. The Labute approximate surface area is 40.0 Å². The Morgan fingerprint density at radius 3 is 2.86 bits per heavy atom. The number of aromatic nitrogens is 2. The van der Waals surface area contributed by atoms with Gasteiger partial charge in [-0.05, 0) is 12.1 Å². The Balaban J connectivity index is 3.02. The van der Waals surface area contributed by atoms with Crippen molar-refractivity contribution < 1.29 is 4.39 Å². The van der Waals surface area contributed by atoms with Gasteiger partial charge in [0.1, 0.15) is 6.20 Å². The summed E-state index contributed by atoms with van der Waals surface area (Å²) in [5.74, 6) is -0.571. The highest BCUT2D eigenvalue weighted by atomic mass is 19.1. The standard InChI is InChI=1S/C4H2FN2/c5-4-2-1-3-6-7-4/h1-2H. The average Bonchev–Trinajstić information content (AvgIpc) is 1.69. The van der Waals surface area contributed by atoms with E-state index in [9.17, 15) is 4.39 Å². The molecule has 7 heavy (non-hydrogen) atoms. The molecule has 0 aliphatic carbocycles. The second-order valence-corrected chi connectivity index (χ2v) is 0.985. The number of hydrogen-bond donors (Lipinski definition) is 0. The van der Waals surface area contributed by atoms with Crippen LogP contribution in [-0.4, -0.2) is 10.2 Å². The van der Waals surface area contributed by atoms with E-state index in [1.807, 2.05) is 0 Å². The van der Waals surface area contributed by atoms with Crippen LogP contribution in [-0.2, 0) is 0 Å². The van der Waals surface area contributed by atoms with Crippen LogP contribution in [0.15, 0.2) is 12.1 Å². The first-order valence-corrected chi connectivity index (χ1v) is 1.75. The van der Waals surface area contributed by atoms with Gasteiger partial charge in [0.2, 0.25) is 5.95 Å². The van der Waals surface area contributed by atoms with Gasteiger partial charge in [-0.2, -0.15) is 4.39 Å². The van der Waals surface area contributed by atoms with Crippen LogP contribution in [0.3, 0.4) is 0 Å². The van der Waals surface area contributed by atoms with E-state index in [0.29, 0.717) is 0 Å². The molecule has 0 aliphatic rings. The summed E-state index contributed by atoms with van der Waals surface area (Å²) in [6.45, 7) is 0. The summed E-state index contributed by atoms with van der Waals surface area (Å²) in [5, 5.41) is 6.14. The van der Waals surface area contributed by atoms with Crippen molar-refractivity contribution >= 4 is 0 Å². The molecule has 1 aromatic heterocycles. The quantitative estimate of drug-likeness (QED) is 0.468. The molecule has 0 bridgehead atoms. The molecule has 1 rings (SSSR count). The maximum absolute atomic E-state index is 11.7. The summed E-state index contributed by atoms with van der Waals surface area (Å²) in [4.78, 5) is 0. The third kappa shape index (κ3) is 0.924. The van der Waals surface area contributed by atoms with E-state index in [0.717, 1.165) is 0 Å². The molecule has 0 fully saturated rings. The molecule has 0 saturated heterocycles. The predicted molar refractivity (Wildman–Crippen MR) is 20.8 cm³/mol. The zero-order chi connectivity index (χ0) is 5.11. The minimum absolute atomic E-state index is 0.571. The van der Waals surface area contributed by atoms with Crippen molar-refractivity contribution in [3.8, 4) is 0 Å². The van der Waals surface area contributed by atoms with Crippen LogP contribution < -0.4 is 0 Å². The van der Waals surface area contributed by atoms with Gasteiger partial charge in [-0.15, -0.1) is 10.2 Å². The van der Waals surface area contributed by atoms with Crippen molar-refractivity contribution in [2.24, 2.45) is 0 Å². The SMILES string of the molecule is Fc1cc[c]nn1. The summed E-state index contributed by atoms with van der Waals surface area (Å²) in [5.41, 5.74) is 0. The third-order valence-corrected chi connectivity index (χ3v) is 0.499. The Bertz CT molecular complexity index is 140. The Hall–Kier alpha value is -0.990. The largest absolute Gasteiger partial charge is 0.233 e. The van der Waals surface area contributed by atoms with Crippen molar-refractivity contribution in [2.45, 2.75) is 0 Å². The van der Waals surface area contributed by atoms with Gasteiger partial charge < -0.3 is 0 Å². The van der Waals surface area contributed by atoms with Crippen LogP contribution >= 0.6 is 0 Å². The van der Waals surface area contributed by atoms with Crippen LogP contribution in [0.4, 0.5) is 4.39 Å². The van der Waals surface area contributed by atoms with E-state index in [4.69, 9.17) is 0 Å². The second kappa shape index (κ2) is 1.64. The maximum atomic E-state index is 11.7.